The van der Waals surface area contributed by atoms with Crippen LogP contribution in [0.15, 0.2) is 48.7 Å². The van der Waals surface area contributed by atoms with E-state index in [2.05, 4.69) is 10.3 Å². The smallest absolute Gasteiger partial charge is 0.256 e. The van der Waals surface area contributed by atoms with Crippen molar-refractivity contribution in [3.8, 4) is 0 Å². The summed E-state index contributed by atoms with van der Waals surface area (Å²) < 4.78 is 6.26. The molecule has 1 N–H and O–H groups in total. The Morgan fingerprint density at radius 3 is 2.49 bits per heavy atom. The van der Waals surface area contributed by atoms with Gasteiger partial charge in [0, 0.05) is 43.1 Å². The van der Waals surface area contributed by atoms with Crippen LogP contribution in [0.25, 0.3) is 0 Å². The van der Waals surface area contributed by atoms with Gasteiger partial charge in [0.15, 0.2) is 0 Å². The van der Waals surface area contributed by atoms with Crippen LogP contribution in [0.1, 0.15) is 55.2 Å². The van der Waals surface area contributed by atoms with Crippen molar-refractivity contribution >= 4 is 17.7 Å². The predicted molar refractivity (Wildman–Crippen MR) is 131 cm³/mol. The topological polar surface area (TPSA) is 91.8 Å². The van der Waals surface area contributed by atoms with Crippen LogP contribution < -0.4 is 5.32 Å². The van der Waals surface area contributed by atoms with Gasteiger partial charge in [-0.2, -0.15) is 0 Å². The van der Waals surface area contributed by atoms with Crippen LogP contribution in [0.2, 0.25) is 0 Å². The van der Waals surface area contributed by atoms with E-state index in [1.807, 2.05) is 69.0 Å². The van der Waals surface area contributed by atoms with Gasteiger partial charge in [0.25, 0.3) is 5.91 Å². The number of hydrogen-bond donors (Lipinski definition) is 1. The maximum Gasteiger partial charge on any atom is 0.256 e. The third-order valence-electron chi connectivity index (χ3n) is 6.69. The first kappa shape index (κ1) is 24.9. The summed E-state index contributed by atoms with van der Waals surface area (Å²) in [5.41, 5.74) is 0.812. The summed E-state index contributed by atoms with van der Waals surface area (Å²) in [5, 5.41) is 2.92. The van der Waals surface area contributed by atoms with Gasteiger partial charge in [0.2, 0.25) is 11.8 Å². The third kappa shape index (κ3) is 5.22. The zero-order chi connectivity index (χ0) is 25.2. The molecule has 35 heavy (non-hydrogen) atoms. The average molecular weight is 479 g/mol. The molecule has 8 nitrogen and oxygen atoms in total. The van der Waals surface area contributed by atoms with E-state index in [9.17, 15) is 14.4 Å². The number of hydrogen-bond acceptors (Lipinski definition) is 5. The molecule has 186 valence electrons. The summed E-state index contributed by atoms with van der Waals surface area (Å²) in [4.78, 5) is 47.6. The standard InChI is InChI=1S/C27H34N4O4/c1-19-8-7-9-20(16-19)24(33)31-22(23(32)29-17-21-10-5-6-13-28-21)18-35-27(31)11-14-30(15-12-27)25(34)26(2,3)4/h5-10,13,16,22H,11-12,14-15,17-18H2,1-4H3,(H,29,32). The molecule has 4 rings (SSSR count). The first-order valence-corrected chi connectivity index (χ1v) is 12.1. The van der Waals surface area contributed by atoms with Crippen LogP contribution in [-0.4, -0.2) is 64.0 Å². The molecule has 2 saturated heterocycles. The Hall–Kier alpha value is -3.26. The number of pyridine rings is 1. The van der Waals surface area contributed by atoms with E-state index < -0.39 is 17.2 Å². The molecule has 3 heterocycles. The maximum atomic E-state index is 13.8. The predicted octanol–water partition coefficient (Wildman–Crippen LogP) is 2.91. The normalized spacial score (nSPS) is 19.6. The molecule has 0 aliphatic carbocycles. The number of carbonyl (C=O) groups is 3. The number of carbonyl (C=O) groups excluding carboxylic acids is 3. The quantitative estimate of drug-likeness (QED) is 0.730. The highest BCUT2D eigenvalue weighted by atomic mass is 16.5. The zero-order valence-corrected chi connectivity index (χ0v) is 20.9. The summed E-state index contributed by atoms with van der Waals surface area (Å²) in [7, 11) is 0. The molecule has 0 radical (unpaired) electrons. The second-order valence-corrected chi connectivity index (χ2v) is 10.4. The van der Waals surface area contributed by atoms with Gasteiger partial charge in [-0.1, -0.05) is 44.5 Å². The number of nitrogens with zero attached hydrogens (tertiary/aromatic N) is 3. The number of benzene rings is 1. The second-order valence-electron chi connectivity index (χ2n) is 10.4. The largest absolute Gasteiger partial charge is 0.353 e. The molecule has 2 aliphatic rings. The summed E-state index contributed by atoms with van der Waals surface area (Å²) in [6, 6.07) is 12.1. The number of nitrogens with one attached hydrogen (secondary N) is 1. The molecule has 1 spiro atoms. The van der Waals surface area contributed by atoms with Crippen LogP contribution in [-0.2, 0) is 20.9 Å². The minimum Gasteiger partial charge on any atom is -0.353 e. The van der Waals surface area contributed by atoms with Gasteiger partial charge in [-0.15, -0.1) is 0 Å². The highest BCUT2D eigenvalue weighted by Gasteiger charge is 2.54. The van der Waals surface area contributed by atoms with Crippen LogP contribution in [0, 0.1) is 12.3 Å². The minimum absolute atomic E-state index is 0.0755. The molecule has 2 aliphatic heterocycles. The highest BCUT2D eigenvalue weighted by molar-refractivity contribution is 5.98. The number of likely N-dealkylation sites (tertiary alicyclic amines) is 1. The SMILES string of the molecule is Cc1cccc(C(=O)N2C(C(=O)NCc3ccccn3)COC23CCN(C(=O)C(C)(C)C)CC3)c1. The summed E-state index contributed by atoms with van der Waals surface area (Å²) in [6.07, 6.45) is 2.59. The van der Waals surface area contributed by atoms with Crippen molar-refractivity contribution in [1.29, 1.82) is 0 Å². The van der Waals surface area contributed by atoms with Crippen molar-refractivity contribution in [3.05, 3.63) is 65.5 Å². The molecule has 8 heteroatoms. The molecular weight excluding hydrogens is 444 g/mol. The second kappa shape index (κ2) is 9.77. The Labute approximate surface area is 206 Å². The number of piperidine rings is 1. The van der Waals surface area contributed by atoms with E-state index in [4.69, 9.17) is 4.74 Å². The molecule has 1 unspecified atom stereocenters. The minimum atomic E-state index is -0.928. The van der Waals surface area contributed by atoms with E-state index >= 15 is 0 Å². The highest BCUT2D eigenvalue weighted by Crippen LogP contribution is 2.39. The maximum absolute atomic E-state index is 13.8. The van der Waals surface area contributed by atoms with Gasteiger partial charge in [-0.05, 0) is 31.2 Å². The fourth-order valence-electron chi connectivity index (χ4n) is 4.82. The molecule has 1 aromatic carbocycles. The Balaban J connectivity index is 1.57. The lowest BCUT2D eigenvalue weighted by Crippen LogP contribution is -2.60. The molecule has 0 bridgehead atoms. The lowest BCUT2D eigenvalue weighted by molar-refractivity contribution is -0.150. The van der Waals surface area contributed by atoms with Gasteiger partial charge in [-0.25, -0.2) is 0 Å². The van der Waals surface area contributed by atoms with E-state index in [1.54, 1.807) is 17.2 Å². The molecule has 1 aromatic heterocycles. The van der Waals surface area contributed by atoms with Gasteiger partial charge in [0.05, 0.1) is 18.8 Å². The number of rotatable bonds is 4. The van der Waals surface area contributed by atoms with Crippen LogP contribution >= 0.6 is 0 Å². The van der Waals surface area contributed by atoms with Crippen LogP contribution in [0.5, 0.6) is 0 Å². The number of ether oxygens (including phenoxy) is 1. The monoisotopic (exact) mass is 478 g/mol. The lowest BCUT2D eigenvalue weighted by atomic mass is 9.91. The molecular formula is C27H34N4O4. The Kier molecular flexibility index (Phi) is 6.94. The van der Waals surface area contributed by atoms with E-state index in [-0.39, 0.29) is 30.9 Å². The van der Waals surface area contributed by atoms with Gasteiger partial charge < -0.3 is 15.0 Å². The van der Waals surface area contributed by atoms with Crippen LogP contribution in [0.3, 0.4) is 0 Å². The summed E-state index contributed by atoms with van der Waals surface area (Å²) >= 11 is 0. The summed E-state index contributed by atoms with van der Waals surface area (Å²) in [6.45, 7) is 8.96. The Bertz CT molecular complexity index is 1090. The van der Waals surface area contributed by atoms with Gasteiger partial charge in [-0.3, -0.25) is 24.3 Å². The lowest BCUT2D eigenvalue weighted by Gasteiger charge is -2.45. The van der Waals surface area contributed by atoms with Crippen LogP contribution in [0.4, 0.5) is 0 Å². The number of amides is 3. The molecule has 2 fully saturated rings. The Morgan fingerprint density at radius 1 is 1.11 bits per heavy atom. The van der Waals surface area contributed by atoms with Crippen molar-refractivity contribution in [2.24, 2.45) is 5.41 Å². The van der Waals surface area contributed by atoms with Crippen molar-refractivity contribution in [3.63, 3.8) is 0 Å². The fraction of sp³-hybridized carbons (Fsp3) is 0.481. The third-order valence-corrected chi connectivity index (χ3v) is 6.69. The fourth-order valence-corrected chi connectivity index (χ4v) is 4.82. The molecule has 3 amide bonds. The molecule has 1 atom stereocenters. The Morgan fingerprint density at radius 2 is 1.86 bits per heavy atom. The van der Waals surface area contributed by atoms with E-state index in [0.717, 1.165) is 11.3 Å². The number of aryl methyl sites for hydroxylation is 1. The van der Waals surface area contributed by atoms with Gasteiger partial charge >= 0.3 is 0 Å². The van der Waals surface area contributed by atoms with Crippen molar-refractivity contribution in [2.75, 3.05) is 19.7 Å². The van der Waals surface area contributed by atoms with Crippen molar-refractivity contribution in [1.82, 2.24) is 20.1 Å². The van der Waals surface area contributed by atoms with Crippen molar-refractivity contribution in [2.45, 2.75) is 58.8 Å². The first-order valence-electron chi connectivity index (χ1n) is 12.1. The van der Waals surface area contributed by atoms with Crippen molar-refractivity contribution < 1.29 is 19.1 Å². The first-order chi connectivity index (χ1) is 16.6. The number of aromatic nitrogens is 1. The average Bonchev–Trinajstić information content (AvgIpc) is 3.20. The zero-order valence-electron chi connectivity index (χ0n) is 20.9. The van der Waals surface area contributed by atoms with Gasteiger partial charge in [0.1, 0.15) is 11.8 Å². The molecule has 2 aromatic rings. The van der Waals surface area contributed by atoms with E-state index in [0.29, 0.717) is 31.5 Å². The molecule has 0 saturated carbocycles. The summed E-state index contributed by atoms with van der Waals surface area (Å²) in [5.74, 6) is -0.437. The van der Waals surface area contributed by atoms with E-state index in [1.165, 1.54) is 0 Å².